The first-order valence-electron chi connectivity index (χ1n) is 8.37. The van der Waals surface area contributed by atoms with E-state index >= 15 is 0 Å². The Bertz CT molecular complexity index is 752. The predicted molar refractivity (Wildman–Crippen MR) is 106 cm³/mol. The highest BCUT2D eigenvalue weighted by Crippen LogP contribution is 2.27. The lowest BCUT2D eigenvalue weighted by Crippen LogP contribution is -2.53. The Balaban J connectivity index is 0.00000338. The van der Waals surface area contributed by atoms with Crippen LogP contribution in [0.15, 0.2) is 23.1 Å². The summed E-state index contributed by atoms with van der Waals surface area (Å²) in [5.74, 6) is -0.164. The van der Waals surface area contributed by atoms with Crippen molar-refractivity contribution in [3.8, 4) is 0 Å². The van der Waals surface area contributed by atoms with Crippen molar-refractivity contribution in [1.82, 2.24) is 9.62 Å². The summed E-state index contributed by atoms with van der Waals surface area (Å²) in [5, 5.41) is 2.79. The maximum atomic E-state index is 12.3. The number of nitrogens with two attached hydrogens (primary N) is 1. The second-order valence-corrected chi connectivity index (χ2v) is 9.19. The molecule has 1 amide bonds. The summed E-state index contributed by atoms with van der Waals surface area (Å²) >= 11 is 0. The van der Waals surface area contributed by atoms with Gasteiger partial charge >= 0.3 is 0 Å². The molecule has 1 aromatic carbocycles. The molecule has 1 aliphatic rings. The normalized spacial score (nSPS) is 20.3. The first kappa shape index (κ1) is 22.9. The molecular weight excluding hydrogens is 376 g/mol. The number of rotatable bonds is 5. The molecule has 1 unspecified atom stereocenters. The molecule has 9 heteroatoms. The fraction of sp³-hybridized carbons (Fsp3) is 0.588. The zero-order chi connectivity index (χ0) is 18.8. The maximum absolute atomic E-state index is 12.3. The van der Waals surface area contributed by atoms with E-state index in [2.05, 4.69) is 28.8 Å². The van der Waals surface area contributed by atoms with E-state index in [1.807, 2.05) is 0 Å². The average molecular weight is 405 g/mol. The number of sulfonamides is 1. The summed E-state index contributed by atoms with van der Waals surface area (Å²) in [6.45, 7) is 7.74. The van der Waals surface area contributed by atoms with Gasteiger partial charge in [0.25, 0.3) is 0 Å². The highest BCUT2D eigenvalue weighted by atomic mass is 35.5. The van der Waals surface area contributed by atoms with Gasteiger partial charge in [-0.1, -0.05) is 19.9 Å². The molecule has 1 aromatic rings. The summed E-state index contributed by atoms with van der Waals surface area (Å²) < 4.78 is 26.4. The van der Waals surface area contributed by atoms with Gasteiger partial charge in [-0.2, -0.15) is 0 Å². The molecule has 0 bridgehead atoms. The van der Waals surface area contributed by atoms with E-state index in [0.717, 1.165) is 19.5 Å². The molecular formula is C17H29ClN4O3S. The fourth-order valence-corrected chi connectivity index (χ4v) is 4.09. The van der Waals surface area contributed by atoms with Crippen molar-refractivity contribution in [2.45, 2.75) is 38.1 Å². The lowest BCUT2D eigenvalue weighted by atomic mass is 9.80. The van der Waals surface area contributed by atoms with Crippen molar-refractivity contribution in [3.63, 3.8) is 0 Å². The Morgan fingerprint density at radius 1 is 1.38 bits per heavy atom. The monoisotopic (exact) mass is 404 g/mol. The van der Waals surface area contributed by atoms with Gasteiger partial charge < -0.3 is 11.1 Å². The van der Waals surface area contributed by atoms with Crippen LogP contribution < -0.4 is 15.8 Å². The Labute approximate surface area is 162 Å². The van der Waals surface area contributed by atoms with E-state index in [4.69, 9.17) is 5.73 Å². The third-order valence-electron chi connectivity index (χ3n) is 4.79. The Morgan fingerprint density at radius 2 is 2.04 bits per heavy atom. The molecule has 2 rings (SSSR count). The molecule has 0 spiro atoms. The summed E-state index contributed by atoms with van der Waals surface area (Å²) in [5.41, 5.74) is 7.19. The smallest absolute Gasteiger partial charge is 0.240 e. The Kier molecular flexibility index (Phi) is 7.62. The number of aryl methyl sites for hydroxylation is 1. The minimum absolute atomic E-state index is 0. The quantitative estimate of drug-likeness (QED) is 0.686. The number of nitrogens with one attached hydrogen (secondary N) is 2. The van der Waals surface area contributed by atoms with Gasteiger partial charge in [0.15, 0.2) is 0 Å². The first-order chi connectivity index (χ1) is 11.5. The minimum atomic E-state index is -3.56. The number of carbonyl (C=O) groups excluding carboxylic acids is 1. The second-order valence-electron chi connectivity index (χ2n) is 7.33. The number of benzene rings is 1. The van der Waals surface area contributed by atoms with E-state index in [0.29, 0.717) is 11.3 Å². The molecule has 1 fully saturated rings. The van der Waals surface area contributed by atoms with Crippen molar-refractivity contribution in [1.29, 1.82) is 0 Å². The molecule has 0 saturated carbocycles. The fourth-order valence-electron chi connectivity index (χ4n) is 3.10. The Morgan fingerprint density at radius 3 is 2.62 bits per heavy atom. The number of carbonyl (C=O) groups is 1. The van der Waals surface area contributed by atoms with Gasteiger partial charge in [-0.15, -0.1) is 12.4 Å². The van der Waals surface area contributed by atoms with E-state index in [-0.39, 0.29) is 41.2 Å². The van der Waals surface area contributed by atoms with E-state index in [1.165, 1.54) is 13.1 Å². The Hall–Kier alpha value is -1.19. The number of hydrogen-bond acceptors (Lipinski definition) is 5. The third kappa shape index (κ3) is 5.40. The molecule has 1 heterocycles. The van der Waals surface area contributed by atoms with Crippen molar-refractivity contribution in [3.05, 3.63) is 23.8 Å². The van der Waals surface area contributed by atoms with Crippen molar-refractivity contribution < 1.29 is 13.2 Å². The highest BCUT2D eigenvalue weighted by Gasteiger charge is 2.33. The lowest BCUT2D eigenvalue weighted by Gasteiger charge is -2.42. The number of amides is 1. The van der Waals surface area contributed by atoms with Gasteiger partial charge in [0.1, 0.15) is 0 Å². The van der Waals surface area contributed by atoms with E-state index in [9.17, 15) is 13.2 Å². The van der Waals surface area contributed by atoms with E-state index in [1.54, 1.807) is 19.1 Å². The SMILES string of the molecule is CNS(=O)(=O)c1cc(NC(=O)CN2CCC(N)C(C)(C)C2)ccc1C.Cl. The highest BCUT2D eigenvalue weighted by molar-refractivity contribution is 7.89. The van der Waals surface area contributed by atoms with Gasteiger partial charge in [0.05, 0.1) is 11.4 Å². The lowest BCUT2D eigenvalue weighted by molar-refractivity contribution is -0.118. The molecule has 7 nitrogen and oxygen atoms in total. The van der Waals surface area contributed by atoms with Crippen LogP contribution in [0.1, 0.15) is 25.8 Å². The van der Waals surface area contributed by atoms with Gasteiger partial charge in [0, 0.05) is 24.8 Å². The van der Waals surface area contributed by atoms with Crippen LogP contribution in [0.4, 0.5) is 5.69 Å². The number of halogens is 1. The number of hydrogen-bond donors (Lipinski definition) is 3. The van der Waals surface area contributed by atoms with Crippen LogP contribution in [0.3, 0.4) is 0 Å². The molecule has 1 saturated heterocycles. The van der Waals surface area contributed by atoms with Crippen LogP contribution in [0, 0.1) is 12.3 Å². The predicted octanol–water partition coefficient (Wildman–Crippen LogP) is 1.32. The largest absolute Gasteiger partial charge is 0.327 e. The van der Waals surface area contributed by atoms with Gasteiger partial charge in [0.2, 0.25) is 15.9 Å². The molecule has 1 aliphatic heterocycles. The van der Waals surface area contributed by atoms with Crippen LogP contribution in [-0.2, 0) is 14.8 Å². The number of anilines is 1. The van der Waals surface area contributed by atoms with Gasteiger partial charge in [-0.05, 0) is 43.5 Å². The average Bonchev–Trinajstić information content (AvgIpc) is 2.52. The van der Waals surface area contributed by atoms with Crippen LogP contribution in [0.5, 0.6) is 0 Å². The summed E-state index contributed by atoms with van der Waals surface area (Å²) in [6, 6.07) is 5.01. The first-order valence-corrected chi connectivity index (χ1v) is 9.85. The molecule has 1 atom stereocenters. The van der Waals surface area contributed by atoms with Gasteiger partial charge in [-0.25, -0.2) is 13.1 Å². The van der Waals surface area contributed by atoms with Crippen molar-refractivity contribution >= 4 is 34.0 Å². The molecule has 4 N–H and O–H groups in total. The molecule has 26 heavy (non-hydrogen) atoms. The summed E-state index contributed by atoms with van der Waals surface area (Å²) in [4.78, 5) is 14.6. The minimum Gasteiger partial charge on any atom is -0.327 e. The van der Waals surface area contributed by atoms with Crippen molar-refractivity contribution in [2.75, 3.05) is 32.0 Å². The van der Waals surface area contributed by atoms with Crippen LogP contribution in [0.2, 0.25) is 0 Å². The number of likely N-dealkylation sites (tertiary alicyclic amines) is 1. The molecule has 148 valence electrons. The van der Waals surface area contributed by atoms with Gasteiger partial charge in [-0.3, -0.25) is 9.69 Å². The number of piperidine rings is 1. The van der Waals surface area contributed by atoms with Crippen LogP contribution in [0.25, 0.3) is 0 Å². The summed E-state index contributed by atoms with van der Waals surface area (Å²) in [7, 11) is -2.20. The standard InChI is InChI=1S/C17H28N4O3S.ClH/c1-12-5-6-13(9-14(12)25(23,24)19-4)20-16(22)10-21-8-7-15(18)17(2,3)11-21;/h5-6,9,15,19H,7-8,10-11,18H2,1-4H3,(H,20,22);1H. The third-order valence-corrected chi connectivity index (χ3v) is 6.34. The molecule has 0 aromatic heterocycles. The molecule has 0 radical (unpaired) electrons. The van der Waals surface area contributed by atoms with E-state index < -0.39 is 10.0 Å². The number of nitrogens with zero attached hydrogens (tertiary/aromatic N) is 1. The van der Waals surface area contributed by atoms with Crippen LogP contribution >= 0.6 is 12.4 Å². The maximum Gasteiger partial charge on any atom is 0.240 e. The van der Waals surface area contributed by atoms with Crippen molar-refractivity contribution in [2.24, 2.45) is 11.1 Å². The summed E-state index contributed by atoms with van der Waals surface area (Å²) in [6.07, 6.45) is 0.857. The zero-order valence-electron chi connectivity index (χ0n) is 15.7. The zero-order valence-corrected chi connectivity index (χ0v) is 17.3. The topological polar surface area (TPSA) is 105 Å². The molecule has 0 aliphatic carbocycles. The van der Waals surface area contributed by atoms with Crippen LogP contribution in [-0.4, -0.2) is 51.9 Å². The second kappa shape index (κ2) is 8.67.